The van der Waals surface area contributed by atoms with Crippen LogP contribution in [0.25, 0.3) is 0 Å². The molecule has 1 unspecified atom stereocenters. The molecule has 112 valence electrons. The van der Waals surface area contributed by atoms with Crippen molar-refractivity contribution >= 4 is 5.82 Å². The van der Waals surface area contributed by atoms with Crippen LogP contribution in [0.15, 0.2) is 18.2 Å². The number of aromatic nitrogens is 1. The van der Waals surface area contributed by atoms with Gasteiger partial charge >= 0.3 is 0 Å². The highest BCUT2D eigenvalue weighted by Gasteiger charge is 2.23. The normalized spacial score (nSPS) is 20.9. The van der Waals surface area contributed by atoms with Crippen LogP contribution in [0.3, 0.4) is 0 Å². The number of rotatable bonds is 5. The van der Waals surface area contributed by atoms with Crippen molar-refractivity contribution in [3.63, 3.8) is 0 Å². The van der Waals surface area contributed by atoms with E-state index in [9.17, 15) is 0 Å². The Kier molecular flexibility index (Phi) is 5.80. The summed E-state index contributed by atoms with van der Waals surface area (Å²) in [6.45, 7) is 9.67. The molecule has 1 aliphatic heterocycles. The Hall–Kier alpha value is -1.13. The van der Waals surface area contributed by atoms with E-state index in [1.54, 1.807) is 0 Å². The van der Waals surface area contributed by atoms with Crippen molar-refractivity contribution in [3.05, 3.63) is 23.9 Å². The van der Waals surface area contributed by atoms with Crippen molar-refractivity contribution in [1.82, 2.24) is 15.2 Å². The van der Waals surface area contributed by atoms with Crippen LogP contribution >= 0.6 is 0 Å². The molecule has 0 radical (unpaired) electrons. The first kappa shape index (κ1) is 15.3. The van der Waals surface area contributed by atoms with Crippen LogP contribution in [0.5, 0.6) is 0 Å². The van der Waals surface area contributed by atoms with Crippen LogP contribution in [0, 0.1) is 0 Å². The van der Waals surface area contributed by atoms with Gasteiger partial charge in [-0.25, -0.2) is 4.98 Å². The minimum atomic E-state index is 0.574. The van der Waals surface area contributed by atoms with Gasteiger partial charge in [-0.15, -0.1) is 0 Å². The number of nitrogens with zero attached hydrogens (tertiary/aromatic N) is 3. The van der Waals surface area contributed by atoms with E-state index in [1.165, 1.54) is 19.4 Å². The predicted molar refractivity (Wildman–Crippen MR) is 85.2 cm³/mol. The van der Waals surface area contributed by atoms with E-state index in [2.05, 4.69) is 54.2 Å². The lowest BCUT2D eigenvalue weighted by Gasteiger charge is -2.31. The maximum Gasteiger partial charge on any atom is 0.129 e. The van der Waals surface area contributed by atoms with Gasteiger partial charge in [-0.3, -0.25) is 0 Å². The third-order valence-corrected chi connectivity index (χ3v) is 4.02. The molecule has 1 atom stereocenters. The highest BCUT2D eigenvalue weighted by atomic mass is 15.3. The molecule has 4 heteroatoms. The molecule has 1 aromatic heterocycles. The number of hydrogen-bond donors (Lipinski definition) is 1. The highest BCUT2D eigenvalue weighted by molar-refractivity contribution is 5.41. The SMILES string of the molecule is CCNCc1cccc(N2CCCN(C)CC2CC)n1. The Labute approximate surface area is 123 Å². The largest absolute Gasteiger partial charge is 0.352 e. The second-order valence-electron chi connectivity index (χ2n) is 5.64. The molecular weight excluding hydrogens is 248 g/mol. The molecule has 2 heterocycles. The van der Waals surface area contributed by atoms with Crippen molar-refractivity contribution in [3.8, 4) is 0 Å². The van der Waals surface area contributed by atoms with E-state index in [4.69, 9.17) is 4.98 Å². The molecule has 0 amide bonds. The molecule has 20 heavy (non-hydrogen) atoms. The van der Waals surface area contributed by atoms with Crippen LogP contribution in [0.1, 0.15) is 32.4 Å². The van der Waals surface area contributed by atoms with Crippen molar-refractivity contribution < 1.29 is 0 Å². The molecule has 1 aliphatic rings. The van der Waals surface area contributed by atoms with E-state index in [0.717, 1.165) is 37.7 Å². The lowest BCUT2D eigenvalue weighted by atomic mass is 10.2. The average Bonchev–Trinajstić information content (AvgIpc) is 2.66. The fraction of sp³-hybridized carbons (Fsp3) is 0.688. The average molecular weight is 276 g/mol. The van der Waals surface area contributed by atoms with Crippen LogP contribution in [0.4, 0.5) is 5.82 Å². The van der Waals surface area contributed by atoms with Crippen LogP contribution in [0.2, 0.25) is 0 Å². The summed E-state index contributed by atoms with van der Waals surface area (Å²) in [5, 5.41) is 3.35. The number of anilines is 1. The molecule has 4 nitrogen and oxygen atoms in total. The maximum atomic E-state index is 4.84. The maximum absolute atomic E-state index is 4.84. The van der Waals surface area contributed by atoms with Crippen LogP contribution in [-0.2, 0) is 6.54 Å². The van der Waals surface area contributed by atoms with Gasteiger partial charge in [0.05, 0.1) is 5.69 Å². The van der Waals surface area contributed by atoms with Gasteiger partial charge in [-0.05, 0) is 45.1 Å². The zero-order chi connectivity index (χ0) is 14.4. The zero-order valence-electron chi connectivity index (χ0n) is 13.1. The van der Waals surface area contributed by atoms with E-state index in [-0.39, 0.29) is 0 Å². The molecule has 0 bridgehead atoms. The third-order valence-electron chi connectivity index (χ3n) is 4.02. The van der Waals surface area contributed by atoms with Gasteiger partial charge in [0.25, 0.3) is 0 Å². The van der Waals surface area contributed by atoms with E-state index in [0.29, 0.717) is 6.04 Å². The molecule has 0 spiro atoms. The van der Waals surface area contributed by atoms with E-state index >= 15 is 0 Å². The second-order valence-corrected chi connectivity index (χ2v) is 5.64. The Morgan fingerprint density at radius 1 is 1.30 bits per heavy atom. The summed E-state index contributed by atoms with van der Waals surface area (Å²) in [6, 6.07) is 6.97. The van der Waals surface area contributed by atoms with Gasteiger partial charge in [-0.1, -0.05) is 19.9 Å². The Balaban J connectivity index is 2.15. The lowest BCUT2D eigenvalue weighted by Crippen LogP contribution is -2.40. The molecule has 1 N–H and O–H groups in total. The molecule has 1 saturated heterocycles. The van der Waals surface area contributed by atoms with Crippen LogP contribution < -0.4 is 10.2 Å². The predicted octanol–water partition coefficient (Wildman–Crippen LogP) is 2.11. The standard InChI is InChI=1S/C16H28N4/c1-4-15-13-19(3)10-7-11-20(15)16-9-6-8-14(18-16)12-17-5-2/h6,8-9,15,17H,4-5,7,10-13H2,1-3H3. The Bertz CT molecular complexity index is 407. The summed E-state index contributed by atoms with van der Waals surface area (Å²) >= 11 is 0. The summed E-state index contributed by atoms with van der Waals surface area (Å²) in [5.41, 5.74) is 1.14. The molecule has 1 fully saturated rings. The summed E-state index contributed by atoms with van der Waals surface area (Å²) in [5.74, 6) is 1.14. The van der Waals surface area contributed by atoms with Gasteiger partial charge < -0.3 is 15.1 Å². The molecule has 0 aliphatic carbocycles. The number of nitrogens with one attached hydrogen (secondary N) is 1. The zero-order valence-corrected chi connectivity index (χ0v) is 13.1. The first-order chi connectivity index (χ1) is 9.74. The lowest BCUT2D eigenvalue weighted by molar-refractivity contribution is 0.327. The molecule has 0 aromatic carbocycles. The minimum absolute atomic E-state index is 0.574. The number of hydrogen-bond acceptors (Lipinski definition) is 4. The van der Waals surface area contributed by atoms with Gasteiger partial charge in [0.15, 0.2) is 0 Å². The topological polar surface area (TPSA) is 31.4 Å². The van der Waals surface area contributed by atoms with Crippen molar-refractivity contribution in [2.45, 2.75) is 39.3 Å². The van der Waals surface area contributed by atoms with Gasteiger partial charge in [0.1, 0.15) is 5.82 Å². The fourth-order valence-electron chi connectivity index (χ4n) is 2.87. The van der Waals surface area contributed by atoms with E-state index < -0.39 is 0 Å². The minimum Gasteiger partial charge on any atom is -0.352 e. The Morgan fingerprint density at radius 3 is 2.90 bits per heavy atom. The summed E-state index contributed by atoms with van der Waals surface area (Å²) < 4.78 is 0. The van der Waals surface area contributed by atoms with Crippen LogP contribution in [-0.4, -0.2) is 49.2 Å². The second kappa shape index (κ2) is 7.60. The van der Waals surface area contributed by atoms with Gasteiger partial charge in [-0.2, -0.15) is 0 Å². The van der Waals surface area contributed by atoms with Crippen molar-refractivity contribution in [2.75, 3.05) is 38.1 Å². The fourth-order valence-corrected chi connectivity index (χ4v) is 2.87. The first-order valence-electron chi connectivity index (χ1n) is 7.86. The molecule has 1 aromatic rings. The quantitative estimate of drug-likeness (QED) is 0.892. The molecule has 2 rings (SSSR count). The van der Waals surface area contributed by atoms with Gasteiger partial charge in [0, 0.05) is 25.7 Å². The monoisotopic (exact) mass is 276 g/mol. The summed E-state index contributed by atoms with van der Waals surface area (Å²) in [7, 11) is 2.22. The molecular formula is C16H28N4. The Morgan fingerprint density at radius 2 is 2.15 bits per heavy atom. The number of pyridine rings is 1. The number of likely N-dealkylation sites (N-methyl/N-ethyl adjacent to an activating group) is 1. The van der Waals surface area contributed by atoms with Gasteiger partial charge in [0.2, 0.25) is 0 Å². The highest BCUT2D eigenvalue weighted by Crippen LogP contribution is 2.20. The van der Waals surface area contributed by atoms with Crippen molar-refractivity contribution in [1.29, 1.82) is 0 Å². The third kappa shape index (κ3) is 3.93. The van der Waals surface area contributed by atoms with E-state index in [1.807, 2.05) is 0 Å². The summed E-state index contributed by atoms with van der Waals surface area (Å²) in [6.07, 6.45) is 2.38. The summed E-state index contributed by atoms with van der Waals surface area (Å²) in [4.78, 5) is 9.78. The molecule has 0 saturated carbocycles. The van der Waals surface area contributed by atoms with Crippen molar-refractivity contribution in [2.24, 2.45) is 0 Å². The first-order valence-corrected chi connectivity index (χ1v) is 7.86. The smallest absolute Gasteiger partial charge is 0.129 e.